The molecule has 0 unspecified atom stereocenters. The standard InChI is InChI=1S/C22H19BrN6O2/c1-25-19-6-5-17-20(26-19)21(16(12-24)22(31)27(17)2)29-9-7-28(8-10-29)13-14-3-4-15(23)11-18(14)30/h3-6,11,30H,7-10,13H2,2H3. The monoisotopic (exact) mass is 478 g/mol. The van der Waals surface area contributed by atoms with Crippen LogP contribution in [0, 0.1) is 17.9 Å². The van der Waals surface area contributed by atoms with Gasteiger partial charge in [0.1, 0.15) is 23.1 Å². The lowest BCUT2D eigenvalue weighted by molar-refractivity contribution is 0.247. The van der Waals surface area contributed by atoms with Crippen LogP contribution in [0.3, 0.4) is 0 Å². The average molecular weight is 479 g/mol. The van der Waals surface area contributed by atoms with E-state index in [0.29, 0.717) is 49.4 Å². The lowest BCUT2D eigenvalue weighted by Crippen LogP contribution is -2.47. The number of aromatic nitrogens is 2. The van der Waals surface area contributed by atoms with Crippen molar-refractivity contribution in [2.45, 2.75) is 6.54 Å². The number of benzene rings is 1. The lowest BCUT2D eigenvalue weighted by atomic mass is 10.1. The maximum absolute atomic E-state index is 12.8. The molecule has 3 heterocycles. The van der Waals surface area contributed by atoms with E-state index in [1.807, 2.05) is 17.0 Å². The summed E-state index contributed by atoms with van der Waals surface area (Å²) in [4.78, 5) is 24.8. The number of fused-ring (bicyclic) bond motifs is 1. The molecule has 0 amide bonds. The molecule has 1 aromatic carbocycles. The third kappa shape index (κ3) is 3.86. The van der Waals surface area contributed by atoms with Crippen molar-refractivity contribution in [3.05, 3.63) is 67.7 Å². The van der Waals surface area contributed by atoms with Gasteiger partial charge in [-0.25, -0.2) is 0 Å². The number of hydrogen-bond donors (Lipinski definition) is 1. The van der Waals surface area contributed by atoms with E-state index in [1.165, 1.54) is 4.57 Å². The van der Waals surface area contributed by atoms with Crippen LogP contribution in [0.4, 0.5) is 11.5 Å². The third-order valence-electron chi connectivity index (χ3n) is 5.56. The minimum Gasteiger partial charge on any atom is -0.508 e. The SMILES string of the molecule is [C-]#[N+]c1ccc2c(n1)c(N1CCN(Cc3ccc(Br)cc3O)CC1)c(C#N)c(=O)n2C. The molecule has 0 saturated carbocycles. The van der Waals surface area contributed by atoms with Crippen LogP contribution >= 0.6 is 15.9 Å². The van der Waals surface area contributed by atoms with Gasteiger partial charge in [0.05, 0.1) is 5.52 Å². The van der Waals surface area contributed by atoms with E-state index in [1.54, 1.807) is 25.2 Å². The second-order valence-electron chi connectivity index (χ2n) is 7.38. The molecular weight excluding hydrogens is 460 g/mol. The van der Waals surface area contributed by atoms with Gasteiger partial charge in [-0.1, -0.05) is 28.6 Å². The zero-order valence-corrected chi connectivity index (χ0v) is 18.4. The molecule has 9 heteroatoms. The van der Waals surface area contributed by atoms with Gasteiger partial charge in [-0.05, 0) is 24.3 Å². The van der Waals surface area contributed by atoms with Crippen molar-refractivity contribution in [1.82, 2.24) is 14.5 Å². The Bertz CT molecular complexity index is 1310. The van der Waals surface area contributed by atoms with Gasteiger partial charge in [-0.15, -0.1) is 4.98 Å². The summed E-state index contributed by atoms with van der Waals surface area (Å²) in [5.41, 5.74) is 2.10. The number of phenolic OH excluding ortho intramolecular Hbond substituents is 1. The van der Waals surface area contributed by atoms with Crippen LogP contribution in [0.15, 0.2) is 39.6 Å². The first-order chi connectivity index (χ1) is 14.9. The Labute approximate surface area is 187 Å². The number of pyridine rings is 2. The summed E-state index contributed by atoms with van der Waals surface area (Å²) in [7, 11) is 1.61. The van der Waals surface area contributed by atoms with Gasteiger partial charge in [0.25, 0.3) is 11.4 Å². The smallest absolute Gasteiger partial charge is 0.271 e. The zero-order chi connectivity index (χ0) is 22.1. The number of piperazine rings is 1. The van der Waals surface area contributed by atoms with Gasteiger partial charge < -0.3 is 19.4 Å². The second-order valence-corrected chi connectivity index (χ2v) is 8.30. The average Bonchev–Trinajstić information content (AvgIpc) is 2.78. The van der Waals surface area contributed by atoms with Crippen LogP contribution in [0.2, 0.25) is 0 Å². The van der Waals surface area contributed by atoms with E-state index in [9.17, 15) is 15.2 Å². The third-order valence-corrected chi connectivity index (χ3v) is 6.05. The normalized spacial score (nSPS) is 14.4. The Morgan fingerprint density at radius 3 is 2.65 bits per heavy atom. The van der Waals surface area contributed by atoms with E-state index >= 15 is 0 Å². The summed E-state index contributed by atoms with van der Waals surface area (Å²) in [6, 6.07) is 10.8. The molecule has 31 heavy (non-hydrogen) atoms. The van der Waals surface area contributed by atoms with Crippen LogP contribution in [0.1, 0.15) is 11.1 Å². The van der Waals surface area contributed by atoms with Crippen LogP contribution in [0.25, 0.3) is 15.9 Å². The first-order valence-electron chi connectivity index (χ1n) is 9.69. The van der Waals surface area contributed by atoms with Crippen molar-refractivity contribution >= 4 is 38.5 Å². The summed E-state index contributed by atoms with van der Waals surface area (Å²) >= 11 is 3.35. The molecule has 1 saturated heterocycles. The molecule has 3 aromatic rings. The van der Waals surface area contributed by atoms with E-state index in [4.69, 9.17) is 6.57 Å². The summed E-state index contributed by atoms with van der Waals surface area (Å²) < 4.78 is 2.23. The van der Waals surface area contributed by atoms with Gasteiger partial charge >= 0.3 is 0 Å². The highest BCUT2D eigenvalue weighted by Crippen LogP contribution is 2.30. The zero-order valence-electron chi connectivity index (χ0n) is 16.8. The number of nitrogens with zero attached hydrogens (tertiary/aromatic N) is 6. The summed E-state index contributed by atoms with van der Waals surface area (Å²) in [5, 5.41) is 19.9. The quantitative estimate of drug-likeness (QED) is 0.581. The van der Waals surface area contributed by atoms with Gasteiger partial charge in [0, 0.05) is 49.8 Å². The lowest BCUT2D eigenvalue weighted by Gasteiger charge is -2.36. The number of halogens is 1. The fourth-order valence-corrected chi connectivity index (χ4v) is 4.24. The van der Waals surface area contributed by atoms with Crippen molar-refractivity contribution in [3.8, 4) is 11.8 Å². The maximum atomic E-state index is 12.8. The Morgan fingerprint density at radius 2 is 2.00 bits per heavy atom. The molecule has 0 bridgehead atoms. The van der Waals surface area contributed by atoms with Gasteiger partial charge in [-0.3, -0.25) is 9.69 Å². The number of rotatable bonds is 3. The molecule has 0 spiro atoms. The first kappa shape index (κ1) is 20.9. The van der Waals surface area contributed by atoms with Crippen molar-refractivity contribution < 1.29 is 5.11 Å². The van der Waals surface area contributed by atoms with Crippen LogP contribution in [-0.4, -0.2) is 45.7 Å². The number of nitriles is 1. The molecule has 2 aromatic heterocycles. The van der Waals surface area contributed by atoms with Crippen molar-refractivity contribution in [2.75, 3.05) is 31.1 Å². The summed E-state index contributed by atoms with van der Waals surface area (Å²) in [6.45, 7) is 10.5. The number of hydrogen-bond acceptors (Lipinski definition) is 6. The van der Waals surface area contributed by atoms with Crippen molar-refractivity contribution in [2.24, 2.45) is 7.05 Å². The Hall–Kier alpha value is -3.40. The molecule has 0 radical (unpaired) electrons. The van der Waals surface area contributed by atoms with E-state index in [2.05, 4.69) is 36.7 Å². The van der Waals surface area contributed by atoms with Gasteiger partial charge in [0.15, 0.2) is 0 Å². The highest BCUT2D eigenvalue weighted by atomic mass is 79.9. The highest BCUT2D eigenvalue weighted by molar-refractivity contribution is 9.10. The van der Waals surface area contributed by atoms with Crippen LogP contribution < -0.4 is 10.5 Å². The molecule has 4 rings (SSSR count). The highest BCUT2D eigenvalue weighted by Gasteiger charge is 2.27. The molecule has 1 aliphatic heterocycles. The minimum atomic E-state index is -0.371. The van der Waals surface area contributed by atoms with Crippen LogP contribution in [-0.2, 0) is 13.6 Å². The largest absolute Gasteiger partial charge is 0.508 e. The Balaban J connectivity index is 1.66. The number of phenols is 1. The first-order valence-corrected chi connectivity index (χ1v) is 10.5. The molecular formula is C22H19BrN6O2. The number of aryl methyl sites for hydroxylation is 1. The Kier molecular flexibility index (Phi) is 5.64. The molecule has 1 N–H and O–H groups in total. The molecule has 8 nitrogen and oxygen atoms in total. The maximum Gasteiger partial charge on any atom is 0.271 e. The molecule has 0 aliphatic carbocycles. The fourth-order valence-electron chi connectivity index (χ4n) is 3.90. The predicted octanol–water partition coefficient (Wildman–Crippen LogP) is 3.15. The van der Waals surface area contributed by atoms with E-state index in [-0.39, 0.29) is 22.7 Å². The molecule has 156 valence electrons. The molecule has 0 atom stereocenters. The van der Waals surface area contributed by atoms with Gasteiger partial charge in [0.2, 0.25) is 5.52 Å². The molecule has 1 aliphatic rings. The second kappa shape index (κ2) is 8.38. The van der Waals surface area contributed by atoms with Crippen molar-refractivity contribution in [3.63, 3.8) is 0 Å². The van der Waals surface area contributed by atoms with E-state index < -0.39 is 0 Å². The summed E-state index contributed by atoms with van der Waals surface area (Å²) in [5.74, 6) is 0.470. The fraction of sp³-hybridized carbons (Fsp3) is 0.273. The van der Waals surface area contributed by atoms with Crippen LogP contribution in [0.5, 0.6) is 5.75 Å². The predicted molar refractivity (Wildman–Crippen MR) is 121 cm³/mol. The Morgan fingerprint density at radius 1 is 1.26 bits per heavy atom. The van der Waals surface area contributed by atoms with E-state index in [0.717, 1.165) is 10.0 Å². The topological polar surface area (TPSA) is 89.8 Å². The van der Waals surface area contributed by atoms with Gasteiger partial charge in [-0.2, -0.15) is 5.26 Å². The van der Waals surface area contributed by atoms with Crippen molar-refractivity contribution in [1.29, 1.82) is 5.26 Å². The summed E-state index contributed by atoms with van der Waals surface area (Å²) in [6.07, 6.45) is 0. The number of anilines is 1. The number of aromatic hydroxyl groups is 1. The molecule has 1 fully saturated rings. The minimum absolute atomic E-state index is 0.0450.